The molecule has 1 atom stereocenters. The lowest BCUT2D eigenvalue weighted by atomic mass is 10.1. The van der Waals surface area contributed by atoms with Crippen LogP contribution in [-0.4, -0.2) is 11.9 Å². The molecule has 5 heteroatoms. The second kappa shape index (κ2) is 6.75. The first kappa shape index (κ1) is 14.9. The van der Waals surface area contributed by atoms with Crippen LogP contribution in [-0.2, 0) is 11.2 Å². The number of hydrogen-bond donors (Lipinski definition) is 2. The van der Waals surface area contributed by atoms with Crippen LogP contribution in [0.1, 0.15) is 5.56 Å². The molecule has 0 fully saturated rings. The summed E-state index contributed by atoms with van der Waals surface area (Å²) >= 11 is 12.0. The standard InChI is InChI=1S/C15H14Cl2N2O/c16-11-7-4-8-12(17)14(11)19-15(20)13(18)9-10-5-2-1-3-6-10/h1-8,13H,9,18H2,(H,19,20). The van der Waals surface area contributed by atoms with E-state index in [9.17, 15) is 4.79 Å². The molecule has 3 N–H and O–H groups in total. The van der Waals surface area contributed by atoms with Crippen LogP contribution in [0.4, 0.5) is 5.69 Å². The molecule has 0 aliphatic rings. The second-order valence-electron chi connectivity index (χ2n) is 4.38. The average molecular weight is 309 g/mol. The zero-order chi connectivity index (χ0) is 14.5. The second-order valence-corrected chi connectivity index (χ2v) is 5.20. The van der Waals surface area contributed by atoms with Crippen molar-refractivity contribution in [1.29, 1.82) is 0 Å². The van der Waals surface area contributed by atoms with E-state index in [0.717, 1.165) is 5.56 Å². The Labute approximate surface area is 127 Å². The van der Waals surface area contributed by atoms with E-state index in [1.165, 1.54) is 0 Å². The number of para-hydroxylation sites is 1. The molecule has 2 rings (SSSR count). The van der Waals surface area contributed by atoms with E-state index in [-0.39, 0.29) is 5.91 Å². The maximum Gasteiger partial charge on any atom is 0.241 e. The van der Waals surface area contributed by atoms with Gasteiger partial charge in [-0.1, -0.05) is 59.6 Å². The highest BCUT2D eigenvalue weighted by atomic mass is 35.5. The van der Waals surface area contributed by atoms with Gasteiger partial charge in [0.25, 0.3) is 0 Å². The summed E-state index contributed by atoms with van der Waals surface area (Å²) in [6.45, 7) is 0. The van der Waals surface area contributed by atoms with E-state index in [2.05, 4.69) is 5.32 Å². The van der Waals surface area contributed by atoms with Crippen molar-refractivity contribution in [3.05, 3.63) is 64.1 Å². The Kier molecular flexibility index (Phi) is 5.01. The van der Waals surface area contributed by atoms with E-state index in [4.69, 9.17) is 28.9 Å². The van der Waals surface area contributed by atoms with Crippen LogP contribution in [0.5, 0.6) is 0 Å². The van der Waals surface area contributed by atoms with Crippen molar-refractivity contribution in [3.8, 4) is 0 Å². The molecule has 0 radical (unpaired) electrons. The molecule has 1 amide bonds. The normalized spacial score (nSPS) is 11.9. The highest BCUT2D eigenvalue weighted by Gasteiger charge is 2.16. The Morgan fingerprint density at radius 1 is 1.05 bits per heavy atom. The molecule has 0 saturated carbocycles. The van der Waals surface area contributed by atoms with Gasteiger partial charge in [-0.2, -0.15) is 0 Å². The lowest BCUT2D eigenvalue weighted by molar-refractivity contribution is -0.117. The summed E-state index contributed by atoms with van der Waals surface area (Å²) in [5.74, 6) is -0.316. The predicted molar refractivity (Wildman–Crippen MR) is 83.2 cm³/mol. The highest BCUT2D eigenvalue weighted by Crippen LogP contribution is 2.29. The highest BCUT2D eigenvalue weighted by molar-refractivity contribution is 6.39. The van der Waals surface area contributed by atoms with E-state index >= 15 is 0 Å². The summed E-state index contributed by atoms with van der Waals surface area (Å²) in [5, 5.41) is 3.44. The van der Waals surface area contributed by atoms with Crippen LogP contribution in [0, 0.1) is 0 Å². The Morgan fingerprint density at radius 3 is 2.25 bits per heavy atom. The largest absolute Gasteiger partial charge is 0.322 e. The molecule has 0 aromatic heterocycles. The van der Waals surface area contributed by atoms with Crippen molar-refractivity contribution in [2.24, 2.45) is 5.73 Å². The Hall–Kier alpha value is -1.55. The minimum atomic E-state index is -0.662. The van der Waals surface area contributed by atoms with Gasteiger partial charge in [0.15, 0.2) is 0 Å². The van der Waals surface area contributed by atoms with Gasteiger partial charge in [-0.3, -0.25) is 4.79 Å². The predicted octanol–water partition coefficient (Wildman–Crippen LogP) is 3.50. The minimum Gasteiger partial charge on any atom is -0.322 e. The van der Waals surface area contributed by atoms with Crippen molar-refractivity contribution in [2.75, 3.05) is 5.32 Å². The summed E-state index contributed by atoms with van der Waals surface area (Å²) in [6.07, 6.45) is 0.453. The van der Waals surface area contributed by atoms with Crippen LogP contribution in [0.2, 0.25) is 10.0 Å². The first-order valence-corrected chi connectivity index (χ1v) is 6.88. The number of rotatable bonds is 4. The van der Waals surface area contributed by atoms with Crippen LogP contribution < -0.4 is 11.1 Å². The van der Waals surface area contributed by atoms with Gasteiger partial charge in [-0.05, 0) is 24.1 Å². The first-order valence-electron chi connectivity index (χ1n) is 6.12. The summed E-state index contributed by atoms with van der Waals surface area (Å²) in [5.41, 5.74) is 7.29. The Bertz CT molecular complexity index is 582. The molecule has 0 aliphatic carbocycles. The zero-order valence-corrected chi connectivity index (χ0v) is 12.2. The maximum atomic E-state index is 12.1. The van der Waals surface area contributed by atoms with E-state index in [1.54, 1.807) is 18.2 Å². The zero-order valence-electron chi connectivity index (χ0n) is 10.6. The van der Waals surface area contributed by atoms with Crippen LogP contribution in [0.3, 0.4) is 0 Å². The number of carbonyl (C=O) groups is 1. The van der Waals surface area contributed by atoms with Crippen molar-refractivity contribution in [1.82, 2.24) is 0 Å². The Balaban J connectivity index is 2.05. The molecule has 3 nitrogen and oxygen atoms in total. The molecule has 0 saturated heterocycles. The number of carbonyl (C=O) groups excluding carboxylic acids is 1. The fraction of sp³-hybridized carbons (Fsp3) is 0.133. The summed E-state index contributed by atoms with van der Waals surface area (Å²) in [4.78, 5) is 12.1. The van der Waals surface area contributed by atoms with Gasteiger partial charge < -0.3 is 11.1 Å². The summed E-state index contributed by atoms with van der Waals surface area (Å²) < 4.78 is 0. The third-order valence-corrected chi connectivity index (χ3v) is 3.48. The third kappa shape index (κ3) is 3.73. The van der Waals surface area contributed by atoms with Gasteiger partial charge in [0.1, 0.15) is 0 Å². The van der Waals surface area contributed by atoms with Crippen molar-refractivity contribution in [3.63, 3.8) is 0 Å². The topological polar surface area (TPSA) is 55.1 Å². The fourth-order valence-electron chi connectivity index (χ4n) is 1.79. The van der Waals surface area contributed by atoms with E-state index in [0.29, 0.717) is 22.2 Å². The SMILES string of the molecule is NC(Cc1ccccc1)C(=O)Nc1c(Cl)cccc1Cl. The molecule has 1 unspecified atom stereocenters. The van der Waals surface area contributed by atoms with Crippen molar-refractivity contribution < 1.29 is 4.79 Å². The molecule has 2 aromatic rings. The van der Waals surface area contributed by atoms with Gasteiger partial charge in [-0.15, -0.1) is 0 Å². The van der Waals surface area contributed by atoms with Crippen LogP contribution in [0.15, 0.2) is 48.5 Å². The van der Waals surface area contributed by atoms with E-state index < -0.39 is 6.04 Å². The van der Waals surface area contributed by atoms with Gasteiger partial charge >= 0.3 is 0 Å². The van der Waals surface area contributed by atoms with Crippen molar-refractivity contribution >= 4 is 34.8 Å². The fourth-order valence-corrected chi connectivity index (χ4v) is 2.29. The average Bonchev–Trinajstić information content (AvgIpc) is 2.44. The molecule has 104 valence electrons. The number of hydrogen-bond acceptors (Lipinski definition) is 2. The van der Waals surface area contributed by atoms with Gasteiger partial charge in [0.2, 0.25) is 5.91 Å². The number of amides is 1. The smallest absolute Gasteiger partial charge is 0.241 e. The van der Waals surface area contributed by atoms with Gasteiger partial charge in [0.05, 0.1) is 21.8 Å². The molecular formula is C15H14Cl2N2O. The summed E-state index contributed by atoms with van der Waals surface area (Å²) in [6, 6.07) is 14.0. The van der Waals surface area contributed by atoms with Gasteiger partial charge in [0, 0.05) is 0 Å². The monoisotopic (exact) mass is 308 g/mol. The third-order valence-electron chi connectivity index (χ3n) is 2.85. The lowest BCUT2D eigenvalue weighted by Gasteiger charge is -2.14. The molecule has 0 aliphatic heterocycles. The molecule has 2 aromatic carbocycles. The molecule has 0 heterocycles. The number of anilines is 1. The number of nitrogens with two attached hydrogens (primary N) is 1. The van der Waals surface area contributed by atoms with Gasteiger partial charge in [-0.25, -0.2) is 0 Å². The summed E-state index contributed by atoms with van der Waals surface area (Å²) in [7, 11) is 0. The first-order chi connectivity index (χ1) is 9.58. The number of halogens is 2. The van der Waals surface area contributed by atoms with Crippen molar-refractivity contribution in [2.45, 2.75) is 12.5 Å². The number of benzene rings is 2. The van der Waals surface area contributed by atoms with Crippen LogP contribution in [0.25, 0.3) is 0 Å². The van der Waals surface area contributed by atoms with E-state index in [1.807, 2.05) is 30.3 Å². The number of nitrogens with one attached hydrogen (secondary N) is 1. The van der Waals surface area contributed by atoms with Crippen LogP contribution >= 0.6 is 23.2 Å². The Morgan fingerprint density at radius 2 is 1.65 bits per heavy atom. The maximum absolute atomic E-state index is 12.1. The molecular weight excluding hydrogens is 295 g/mol. The molecule has 0 spiro atoms. The minimum absolute atomic E-state index is 0.316. The lowest BCUT2D eigenvalue weighted by Crippen LogP contribution is -2.37. The molecule has 20 heavy (non-hydrogen) atoms. The molecule has 0 bridgehead atoms. The quantitative estimate of drug-likeness (QED) is 0.908.